The first-order chi connectivity index (χ1) is 34.7. The molecule has 0 bridgehead atoms. The minimum atomic E-state index is 0.461. The van der Waals surface area contributed by atoms with E-state index in [1.807, 2.05) is 6.07 Å². The van der Waals surface area contributed by atoms with E-state index < -0.39 is 0 Å². The van der Waals surface area contributed by atoms with E-state index in [4.69, 9.17) is 0 Å². The third kappa shape index (κ3) is 4.82. The zero-order chi connectivity index (χ0) is 45.9. The van der Waals surface area contributed by atoms with Gasteiger partial charge in [-0.2, -0.15) is 10.5 Å². The highest BCUT2D eigenvalue weighted by Gasteiger charge is 2.31. The highest BCUT2D eigenvalue weighted by atomic mass is 32.1. The number of nitriles is 2. The molecule has 6 aromatic heterocycles. The average molecular weight is 942 g/mol. The first kappa shape index (κ1) is 38.2. The first-order valence-electron chi connectivity index (χ1n) is 23.2. The van der Waals surface area contributed by atoms with Crippen LogP contribution in [0.1, 0.15) is 11.1 Å². The minimum Gasteiger partial charge on any atom is -0.308 e. The fraction of sp³-hybridized carbons (Fsp3) is 0. The minimum absolute atomic E-state index is 0.461. The van der Waals surface area contributed by atoms with Crippen molar-refractivity contribution >= 4 is 160 Å². The summed E-state index contributed by atoms with van der Waals surface area (Å²) < 4.78 is 14.1. The average Bonchev–Trinajstić information content (AvgIpc) is 4.26. The molecule has 16 rings (SSSR count). The molecule has 0 saturated heterocycles. The van der Waals surface area contributed by atoms with Crippen LogP contribution < -0.4 is 0 Å². The molecular formula is C62H31N5S3. The highest BCUT2D eigenvalue weighted by molar-refractivity contribution is 7.26. The van der Waals surface area contributed by atoms with Crippen LogP contribution in [0, 0.1) is 22.7 Å². The van der Waals surface area contributed by atoms with Gasteiger partial charge < -0.3 is 13.7 Å². The Hall–Kier alpha value is -8.76. The molecule has 0 saturated carbocycles. The summed E-state index contributed by atoms with van der Waals surface area (Å²) in [5, 5.41) is 38.0. The van der Waals surface area contributed by atoms with Crippen molar-refractivity contribution < 1.29 is 0 Å². The Morgan fingerprint density at radius 1 is 0.300 bits per heavy atom. The van der Waals surface area contributed by atoms with Gasteiger partial charge in [-0.15, -0.1) is 34.0 Å². The molecule has 0 fully saturated rings. The Bertz CT molecular complexity index is 5110. The van der Waals surface area contributed by atoms with Crippen LogP contribution in [-0.4, -0.2) is 13.7 Å². The topological polar surface area (TPSA) is 62.4 Å². The van der Waals surface area contributed by atoms with Crippen molar-refractivity contribution in [3.05, 3.63) is 199 Å². The Labute approximate surface area is 409 Å². The third-order valence-corrected chi connectivity index (χ3v) is 18.1. The van der Waals surface area contributed by atoms with Gasteiger partial charge in [-0.1, -0.05) is 109 Å². The number of aromatic nitrogens is 3. The third-order valence-electron chi connectivity index (χ3n) is 14.7. The second kappa shape index (κ2) is 13.9. The second-order valence-electron chi connectivity index (χ2n) is 18.1. The summed E-state index contributed by atoms with van der Waals surface area (Å²) in [5.74, 6) is 0. The molecule has 0 N–H and O–H groups in total. The molecule has 10 aromatic carbocycles. The maximum Gasteiger partial charge on any atom is 0.104 e. The zero-order valence-electron chi connectivity index (χ0n) is 36.9. The Balaban J connectivity index is 1.14. The van der Waals surface area contributed by atoms with Crippen LogP contribution in [0.4, 0.5) is 0 Å². The van der Waals surface area contributed by atoms with Crippen LogP contribution in [0.15, 0.2) is 188 Å². The van der Waals surface area contributed by atoms with E-state index in [1.165, 1.54) is 60.5 Å². The van der Waals surface area contributed by atoms with Crippen molar-refractivity contribution in [1.82, 2.24) is 13.7 Å². The molecule has 0 aliphatic heterocycles. The molecular weight excluding hydrogens is 911 g/mol. The zero-order valence-corrected chi connectivity index (χ0v) is 39.3. The molecule has 0 unspecified atom stereocenters. The molecule has 322 valence electrons. The van der Waals surface area contributed by atoms with Gasteiger partial charge in [0.2, 0.25) is 0 Å². The number of nitrogens with zero attached hydrogens (tertiary/aromatic N) is 5. The lowest BCUT2D eigenvalue weighted by molar-refractivity contribution is 1.06. The number of para-hydroxylation sites is 3. The van der Waals surface area contributed by atoms with Crippen molar-refractivity contribution in [2.75, 3.05) is 0 Å². The van der Waals surface area contributed by atoms with Gasteiger partial charge in [-0.05, 0) is 78.9 Å². The molecule has 0 spiro atoms. The number of rotatable bonds is 3. The van der Waals surface area contributed by atoms with Crippen LogP contribution in [0.3, 0.4) is 0 Å². The normalized spacial score (nSPS) is 12.3. The van der Waals surface area contributed by atoms with E-state index in [2.05, 4.69) is 208 Å². The fourth-order valence-electron chi connectivity index (χ4n) is 12.0. The maximum absolute atomic E-state index is 12.2. The molecule has 8 heteroatoms. The molecule has 0 amide bonds. The van der Waals surface area contributed by atoms with Crippen LogP contribution in [-0.2, 0) is 0 Å². The lowest BCUT2D eigenvalue weighted by Crippen LogP contribution is -2.12. The van der Waals surface area contributed by atoms with Gasteiger partial charge in [-0.3, -0.25) is 0 Å². The predicted octanol–water partition coefficient (Wildman–Crippen LogP) is 17.8. The molecule has 0 atom stereocenters. The van der Waals surface area contributed by atoms with Gasteiger partial charge in [0.05, 0.1) is 55.7 Å². The smallest absolute Gasteiger partial charge is 0.104 e. The van der Waals surface area contributed by atoms with Gasteiger partial charge >= 0.3 is 0 Å². The summed E-state index contributed by atoms with van der Waals surface area (Å²) >= 11 is 5.41. The Kier molecular flexibility index (Phi) is 7.60. The van der Waals surface area contributed by atoms with E-state index in [0.717, 1.165) is 65.4 Å². The summed E-state index contributed by atoms with van der Waals surface area (Å²) in [4.78, 5) is 0. The largest absolute Gasteiger partial charge is 0.308 e. The van der Waals surface area contributed by atoms with Gasteiger partial charge in [0.15, 0.2) is 0 Å². The van der Waals surface area contributed by atoms with Crippen molar-refractivity contribution in [2.45, 2.75) is 0 Å². The summed E-state index contributed by atoms with van der Waals surface area (Å²) in [6.45, 7) is 0. The summed E-state index contributed by atoms with van der Waals surface area (Å²) in [5.41, 5.74) is 8.73. The van der Waals surface area contributed by atoms with Crippen molar-refractivity contribution in [3.63, 3.8) is 0 Å². The van der Waals surface area contributed by atoms with Gasteiger partial charge in [0, 0.05) is 92.8 Å². The molecule has 0 radical (unpaired) electrons. The summed E-state index contributed by atoms with van der Waals surface area (Å²) in [6.07, 6.45) is 0. The molecule has 16 aromatic rings. The van der Waals surface area contributed by atoms with Gasteiger partial charge in [0.1, 0.15) is 17.7 Å². The fourth-order valence-corrected chi connectivity index (χ4v) is 15.4. The van der Waals surface area contributed by atoms with Crippen LogP contribution in [0.25, 0.3) is 143 Å². The van der Waals surface area contributed by atoms with Crippen molar-refractivity contribution in [2.24, 2.45) is 0 Å². The predicted molar refractivity (Wildman–Crippen MR) is 298 cm³/mol. The van der Waals surface area contributed by atoms with Gasteiger partial charge in [0.25, 0.3) is 0 Å². The molecule has 5 nitrogen and oxygen atoms in total. The molecule has 70 heavy (non-hydrogen) atoms. The molecule has 6 heterocycles. The lowest BCUT2D eigenvalue weighted by Gasteiger charge is -2.22. The van der Waals surface area contributed by atoms with E-state index in [0.29, 0.717) is 28.2 Å². The standard InChI is InChI=1S/C62H31N5S3/c63-32-34-31-48(65-42-19-7-1-13-35(42)55-45(65)25-28-52-58(55)38-16-4-10-22-49(38)68-52)41(33-64)62(67-44-21-9-3-15-37(44)57-47(67)27-30-54-60(57)40-18-6-12-24-51(40)70-54)61(34)66-43-20-8-2-14-36(43)56-46(66)26-29-53-59(56)39-17-5-11-23-50(39)69-53/h1-31H. The van der Waals surface area contributed by atoms with Crippen molar-refractivity contribution in [3.8, 4) is 29.2 Å². The first-order valence-corrected chi connectivity index (χ1v) is 25.7. The number of benzene rings is 10. The lowest BCUT2D eigenvalue weighted by atomic mass is 10.0. The van der Waals surface area contributed by atoms with Crippen LogP contribution in [0.5, 0.6) is 0 Å². The van der Waals surface area contributed by atoms with Crippen LogP contribution in [0.2, 0.25) is 0 Å². The molecule has 0 aliphatic carbocycles. The Morgan fingerprint density at radius 2 is 0.657 bits per heavy atom. The number of hydrogen-bond donors (Lipinski definition) is 0. The maximum atomic E-state index is 12.2. The van der Waals surface area contributed by atoms with Gasteiger partial charge in [-0.25, -0.2) is 0 Å². The van der Waals surface area contributed by atoms with E-state index in [9.17, 15) is 10.5 Å². The SMILES string of the molecule is N#Cc1cc(-n2c3ccccc3c3c4c(ccc32)sc2ccccc24)c(C#N)c(-n2c3ccccc3c3c4c(ccc32)sc2ccccc24)c1-n1c2ccccc2c2c3c(ccc21)sc1ccccc13. The Morgan fingerprint density at radius 3 is 1.07 bits per heavy atom. The van der Waals surface area contributed by atoms with E-state index in [-0.39, 0.29) is 0 Å². The second-order valence-corrected chi connectivity index (χ2v) is 21.3. The number of hydrogen-bond acceptors (Lipinski definition) is 5. The number of thiophene rings is 3. The number of fused-ring (bicyclic) bond motifs is 21. The van der Waals surface area contributed by atoms with Crippen LogP contribution >= 0.6 is 34.0 Å². The van der Waals surface area contributed by atoms with Crippen molar-refractivity contribution in [1.29, 1.82) is 10.5 Å². The molecule has 0 aliphatic rings. The monoisotopic (exact) mass is 941 g/mol. The highest BCUT2D eigenvalue weighted by Crippen LogP contribution is 2.50. The summed E-state index contributed by atoms with van der Waals surface area (Å²) in [6, 6.07) is 72.5. The quantitative estimate of drug-likeness (QED) is 0.177. The van der Waals surface area contributed by atoms with E-state index >= 15 is 0 Å². The summed E-state index contributed by atoms with van der Waals surface area (Å²) in [7, 11) is 0. The van der Waals surface area contributed by atoms with E-state index in [1.54, 1.807) is 34.0 Å².